The Hall–Kier alpha value is -0.951. The molecule has 0 nitrogen and oxygen atoms in total. The Morgan fingerprint density at radius 2 is 0.725 bits per heavy atom. The fourth-order valence-electron chi connectivity index (χ4n) is 5.82. The molecule has 2 aliphatic rings. The van der Waals surface area contributed by atoms with Gasteiger partial charge in [0.1, 0.15) is 0 Å². The molecule has 2 aliphatic carbocycles. The Balaban J connectivity index is 0.000000196. The molecule has 0 N–H and O–H groups in total. The Kier molecular flexibility index (Phi) is 15.4. The molecule has 0 radical (unpaired) electrons. The number of hydrogen-bond donors (Lipinski definition) is 0. The summed E-state index contributed by atoms with van der Waals surface area (Å²) < 4.78 is 16.6. The van der Waals surface area contributed by atoms with Crippen LogP contribution in [-0.2, 0) is 17.1 Å². The van der Waals surface area contributed by atoms with E-state index in [4.69, 9.17) is 1.28 Å². The van der Waals surface area contributed by atoms with Gasteiger partial charge in [0.05, 0.1) is 9.80 Å². The van der Waals surface area contributed by atoms with Crippen molar-refractivity contribution in [3.63, 3.8) is 0 Å². The van der Waals surface area contributed by atoms with Gasteiger partial charge < -0.3 is 0 Å². The second-order valence-electron chi connectivity index (χ2n) is 10.1. The van der Waals surface area contributed by atoms with Gasteiger partial charge in [0.15, 0.2) is 0 Å². The van der Waals surface area contributed by atoms with E-state index in [9.17, 15) is 4.20 Å². The molecule has 0 saturated heterocycles. The number of benzene rings is 4. The van der Waals surface area contributed by atoms with Crippen LogP contribution in [0.15, 0.2) is 121 Å². The molecule has 212 valence electrons. The maximum Gasteiger partial charge on any atom is 0.0986 e. The van der Waals surface area contributed by atoms with Gasteiger partial charge >= 0.3 is 0 Å². The van der Waals surface area contributed by atoms with E-state index < -0.39 is 8.53 Å². The average Bonchev–Trinajstić information content (AvgIpc) is 3.72. The molecule has 0 spiro atoms. The van der Waals surface area contributed by atoms with Gasteiger partial charge in [0.25, 0.3) is 0 Å². The predicted molar refractivity (Wildman–Crippen MR) is 182 cm³/mol. The molecule has 2 fully saturated rings. The summed E-state index contributed by atoms with van der Waals surface area (Å²) in [6.45, 7) is 0. The maximum atomic E-state index is 10.7. The van der Waals surface area contributed by atoms with Crippen molar-refractivity contribution in [1.82, 2.24) is 0 Å². The van der Waals surface area contributed by atoms with Gasteiger partial charge in [-0.2, -0.15) is 0 Å². The predicted octanol–water partition coefficient (Wildman–Crippen LogP) is 9.46. The minimum absolute atomic E-state index is 0. The van der Waals surface area contributed by atoms with E-state index in [0.29, 0.717) is 0 Å². The Morgan fingerprint density at radius 3 is 0.925 bits per heavy atom. The van der Waals surface area contributed by atoms with Gasteiger partial charge in [-0.1, -0.05) is 156 Å². The van der Waals surface area contributed by atoms with Crippen LogP contribution >= 0.6 is 33.3 Å². The Morgan fingerprint density at radius 1 is 0.525 bits per heavy atom. The van der Waals surface area contributed by atoms with Crippen LogP contribution in [0.2, 0.25) is 0 Å². The van der Waals surface area contributed by atoms with E-state index in [1.54, 1.807) is 30.1 Å². The van der Waals surface area contributed by atoms with E-state index in [1.165, 1.54) is 51.4 Å². The van der Waals surface area contributed by atoms with Crippen LogP contribution in [0.1, 0.15) is 51.4 Å². The zero-order valence-electron chi connectivity index (χ0n) is 24.0. The molecule has 0 amide bonds. The maximum absolute atomic E-state index is 10.7. The summed E-state index contributed by atoms with van der Waals surface area (Å²) in [5.41, 5.74) is 1.79. The van der Waals surface area contributed by atoms with Gasteiger partial charge in [0, 0.05) is 17.1 Å². The van der Waals surface area contributed by atoms with Crippen molar-refractivity contribution < 1.29 is 21.3 Å². The number of rotatable bonds is 6. The fraction of sp³-hybridized carbons (Fsp3) is 0.294. The third-order valence-electron chi connectivity index (χ3n) is 7.52. The number of hydrogen-bond acceptors (Lipinski definition) is 0. The zero-order valence-corrected chi connectivity index (χ0v) is 28.0. The van der Waals surface area contributed by atoms with Crippen molar-refractivity contribution in [2.75, 3.05) is 0 Å². The molecule has 2 unspecified atom stereocenters. The first-order chi connectivity index (χ1) is 19.6. The van der Waals surface area contributed by atoms with Crippen molar-refractivity contribution in [3.05, 3.63) is 121 Å². The molecule has 2 atom stereocenters. The van der Waals surface area contributed by atoms with Gasteiger partial charge in [-0.3, -0.25) is 0 Å². The first-order valence-corrected chi connectivity index (χ1v) is 19.3. The van der Waals surface area contributed by atoms with Crippen molar-refractivity contribution in [2.24, 2.45) is 0 Å². The minimum atomic E-state index is -1.95. The third-order valence-corrected chi connectivity index (χ3v) is 13.4. The molecule has 6 heteroatoms. The molecule has 0 bridgehead atoms. The molecule has 0 aromatic heterocycles. The van der Waals surface area contributed by atoms with E-state index in [1.807, 2.05) is 0 Å². The van der Waals surface area contributed by atoms with Crippen molar-refractivity contribution in [1.29, 1.82) is 1.28 Å². The van der Waals surface area contributed by atoms with Crippen LogP contribution < -0.4 is 21.2 Å². The summed E-state index contributed by atoms with van der Waals surface area (Å²) in [5, 5.41) is 6.19. The quantitative estimate of drug-likeness (QED) is 0.144. The van der Waals surface area contributed by atoms with E-state index >= 15 is 0 Å². The van der Waals surface area contributed by atoms with Crippen LogP contribution in [0.3, 0.4) is 0 Å². The van der Waals surface area contributed by atoms with E-state index in [2.05, 4.69) is 121 Å². The molecule has 0 heterocycles. The first kappa shape index (κ1) is 32.0. The topological polar surface area (TPSA) is 0 Å². The summed E-state index contributed by atoms with van der Waals surface area (Å²) in [7, 11) is -0.535. The van der Waals surface area contributed by atoms with Crippen molar-refractivity contribution in [2.45, 2.75) is 62.7 Å². The van der Waals surface area contributed by atoms with Crippen molar-refractivity contribution in [3.8, 4) is 0 Å². The molecule has 4 aromatic carbocycles. The number of halogens is 1. The van der Waals surface area contributed by atoms with Crippen LogP contribution in [0, 0.1) is 0 Å². The molecule has 2 saturated carbocycles. The standard InChI is InChI=1S/2C17H19P.FH3P2.Fe/c2*1-3-9-15(10-4-1)18(17-13-7-8-14-17)16-11-5-2-6-12-16;1-3-2;/h2*1-6,9-12,17H,7-8,13-14H2;3H,2H2;/i;;3D;. The smallest absolute Gasteiger partial charge is 0.0986 e. The van der Waals surface area contributed by atoms with Gasteiger partial charge in [-0.05, 0) is 74.1 Å². The Bertz CT molecular complexity index is 1030. The van der Waals surface area contributed by atoms with Crippen LogP contribution in [-0.4, -0.2) is 12.6 Å². The SMILES string of the molecule is [2H]P(F)P.[Fe].c1ccc(P(c2ccccc2)C2CCCC2)cc1.c1ccc(P(c2ccccc2)C2CCCC2)cc1. The Labute approximate surface area is 260 Å². The summed E-state index contributed by atoms with van der Waals surface area (Å²) in [6.07, 6.45) is 11.3. The molecular weight excluding hydrogens is 607 g/mol. The second kappa shape index (κ2) is 19.3. The van der Waals surface area contributed by atoms with Crippen LogP contribution in [0.5, 0.6) is 0 Å². The second-order valence-corrected chi connectivity index (χ2v) is 15.8. The molecule has 6 rings (SSSR count). The van der Waals surface area contributed by atoms with Crippen molar-refractivity contribution >= 4 is 54.5 Å². The fourth-order valence-corrected chi connectivity index (χ4v) is 11.8. The first-order valence-electron chi connectivity index (χ1n) is 14.6. The van der Waals surface area contributed by atoms with Gasteiger partial charge in [-0.15, -0.1) is 0 Å². The van der Waals surface area contributed by atoms with Crippen LogP contribution in [0.4, 0.5) is 4.20 Å². The molecule has 4 aromatic rings. The summed E-state index contributed by atoms with van der Waals surface area (Å²) in [5.74, 6) is 0. The summed E-state index contributed by atoms with van der Waals surface area (Å²) in [4.78, 5) is 0. The average molecular weight is 649 g/mol. The van der Waals surface area contributed by atoms with E-state index in [0.717, 1.165) is 11.3 Å². The monoisotopic (exact) mass is 649 g/mol. The van der Waals surface area contributed by atoms with Crippen LogP contribution in [0.25, 0.3) is 0 Å². The minimum Gasteiger partial charge on any atom is -0.226 e. The summed E-state index contributed by atoms with van der Waals surface area (Å²) >= 11 is 0. The normalized spacial score (nSPS) is 16.2. The van der Waals surface area contributed by atoms with Gasteiger partial charge in [0.2, 0.25) is 0 Å². The largest absolute Gasteiger partial charge is 0.226 e. The third kappa shape index (κ3) is 10.1. The summed E-state index contributed by atoms with van der Waals surface area (Å²) in [6, 6.07) is 44.5. The van der Waals surface area contributed by atoms with Gasteiger partial charge in [-0.25, -0.2) is 4.20 Å². The van der Waals surface area contributed by atoms with E-state index in [-0.39, 0.29) is 32.9 Å². The molecule has 40 heavy (non-hydrogen) atoms. The zero-order chi connectivity index (χ0) is 28.0. The molecular formula is C34H41FFeP4. The molecule has 0 aliphatic heterocycles.